The van der Waals surface area contributed by atoms with E-state index in [-0.39, 0.29) is 24.8 Å². The van der Waals surface area contributed by atoms with E-state index in [2.05, 4.69) is 6.58 Å². The molecular formula is C23H22O7. The molecule has 30 heavy (non-hydrogen) atoms. The third-order valence-corrected chi connectivity index (χ3v) is 4.38. The van der Waals surface area contributed by atoms with Gasteiger partial charge in [0.25, 0.3) is 0 Å². The highest BCUT2D eigenvalue weighted by Gasteiger charge is 2.30. The quantitative estimate of drug-likeness (QED) is 0.373. The average Bonchev–Trinajstić information content (AvgIpc) is 3.05. The summed E-state index contributed by atoms with van der Waals surface area (Å²) in [5.74, 6) is 1.20. The molecule has 0 N–H and O–H groups in total. The fourth-order valence-corrected chi connectivity index (χ4v) is 3.06. The number of carbonyl (C=O) groups is 2. The number of hydrogen-bond donors (Lipinski definition) is 0. The number of Topliss-reactive ketones (excluding diaryl/α,β-unsaturated/α-hetero) is 1. The van der Waals surface area contributed by atoms with E-state index in [1.165, 1.54) is 13.2 Å². The summed E-state index contributed by atoms with van der Waals surface area (Å²) in [4.78, 5) is 24.5. The fourth-order valence-electron chi connectivity index (χ4n) is 3.06. The van der Waals surface area contributed by atoms with Crippen molar-refractivity contribution in [1.82, 2.24) is 0 Å². The zero-order valence-electron chi connectivity index (χ0n) is 17.0. The number of fused-ring (bicyclic) bond motifs is 1. The van der Waals surface area contributed by atoms with Crippen LogP contribution in [-0.4, -0.2) is 39.2 Å². The molecule has 0 unspecified atom stereocenters. The van der Waals surface area contributed by atoms with Crippen molar-refractivity contribution in [2.75, 3.05) is 27.4 Å². The number of para-hydroxylation sites is 1. The highest BCUT2D eigenvalue weighted by molar-refractivity contribution is 6.15. The Morgan fingerprint density at radius 1 is 1.20 bits per heavy atom. The molecule has 7 heteroatoms. The largest absolute Gasteiger partial charge is 0.493 e. The zero-order valence-corrected chi connectivity index (χ0v) is 17.0. The number of hydrogen-bond acceptors (Lipinski definition) is 7. The Hall–Kier alpha value is -3.74. The van der Waals surface area contributed by atoms with Crippen LogP contribution in [0.5, 0.6) is 23.0 Å². The molecule has 0 aromatic heterocycles. The summed E-state index contributed by atoms with van der Waals surface area (Å²) in [6.07, 6.45) is 3.08. The van der Waals surface area contributed by atoms with Gasteiger partial charge in [-0.15, -0.1) is 0 Å². The molecule has 1 heterocycles. The number of methoxy groups -OCH3 is 2. The third-order valence-electron chi connectivity index (χ3n) is 4.38. The standard InChI is InChI=1S/C23H22O7/c1-5-9-28-20(24)13-29-16-10-14(2)21-18(12-16)30-19(22(21)25)11-15-7-6-8-17(26-3)23(15)27-4/h5-8,10-12H,1,9,13H2,2-4H3/b19-11-. The summed E-state index contributed by atoms with van der Waals surface area (Å²) < 4.78 is 26.8. The van der Waals surface area contributed by atoms with Gasteiger partial charge < -0.3 is 23.7 Å². The molecule has 1 aliphatic rings. The first kappa shape index (κ1) is 21.0. The van der Waals surface area contributed by atoms with Crippen LogP contribution in [0.15, 0.2) is 48.7 Å². The number of carbonyl (C=O) groups excluding carboxylic acids is 2. The van der Waals surface area contributed by atoms with Gasteiger partial charge >= 0.3 is 5.97 Å². The SMILES string of the molecule is C=CCOC(=O)COc1cc(C)c2c(c1)O/C(=C\c1cccc(OC)c1OC)C2=O. The van der Waals surface area contributed by atoms with E-state index in [0.717, 1.165) is 0 Å². The summed E-state index contributed by atoms with van der Waals surface area (Å²) in [5.41, 5.74) is 1.77. The fraction of sp³-hybridized carbons (Fsp3) is 0.217. The van der Waals surface area contributed by atoms with Gasteiger partial charge in [-0.05, 0) is 30.7 Å². The predicted octanol–water partition coefficient (Wildman–Crippen LogP) is 3.74. The molecule has 156 valence electrons. The molecule has 0 fully saturated rings. The Morgan fingerprint density at radius 2 is 2.00 bits per heavy atom. The maximum atomic E-state index is 12.9. The summed E-state index contributed by atoms with van der Waals surface area (Å²) in [7, 11) is 3.07. The topological polar surface area (TPSA) is 80.3 Å². The summed E-state index contributed by atoms with van der Waals surface area (Å²) in [6.45, 7) is 5.11. The summed E-state index contributed by atoms with van der Waals surface area (Å²) in [5, 5.41) is 0. The minimum atomic E-state index is -0.518. The van der Waals surface area contributed by atoms with Crippen molar-refractivity contribution in [3.05, 3.63) is 65.4 Å². The second-order valence-electron chi connectivity index (χ2n) is 6.40. The second-order valence-corrected chi connectivity index (χ2v) is 6.40. The molecule has 0 saturated heterocycles. The maximum absolute atomic E-state index is 12.9. The van der Waals surface area contributed by atoms with E-state index in [1.54, 1.807) is 50.4 Å². The first-order valence-electron chi connectivity index (χ1n) is 9.17. The van der Waals surface area contributed by atoms with Gasteiger partial charge in [0, 0.05) is 11.6 Å². The van der Waals surface area contributed by atoms with Crippen LogP contribution in [-0.2, 0) is 9.53 Å². The average molecular weight is 410 g/mol. The monoisotopic (exact) mass is 410 g/mol. The van der Waals surface area contributed by atoms with Crippen LogP contribution in [0.1, 0.15) is 21.5 Å². The molecule has 3 rings (SSSR count). The van der Waals surface area contributed by atoms with Gasteiger partial charge in [-0.1, -0.05) is 24.8 Å². The van der Waals surface area contributed by atoms with Gasteiger partial charge in [-0.3, -0.25) is 4.79 Å². The van der Waals surface area contributed by atoms with Crippen molar-refractivity contribution in [1.29, 1.82) is 0 Å². The Labute approximate surface area is 174 Å². The van der Waals surface area contributed by atoms with E-state index >= 15 is 0 Å². The molecule has 0 radical (unpaired) electrons. The Bertz CT molecular complexity index is 1020. The smallest absolute Gasteiger partial charge is 0.344 e. The van der Waals surface area contributed by atoms with Crippen LogP contribution in [0.3, 0.4) is 0 Å². The molecule has 0 atom stereocenters. The highest BCUT2D eigenvalue weighted by atomic mass is 16.6. The Morgan fingerprint density at radius 3 is 2.70 bits per heavy atom. The lowest BCUT2D eigenvalue weighted by Gasteiger charge is -2.10. The number of rotatable bonds is 8. The lowest BCUT2D eigenvalue weighted by molar-refractivity contribution is -0.144. The lowest BCUT2D eigenvalue weighted by Crippen LogP contribution is -2.14. The first-order chi connectivity index (χ1) is 14.5. The Balaban J connectivity index is 1.84. The van der Waals surface area contributed by atoms with Crippen LogP contribution >= 0.6 is 0 Å². The van der Waals surface area contributed by atoms with Crippen LogP contribution in [0, 0.1) is 6.92 Å². The Kier molecular flexibility index (Phi) is 6.41. The van der Waals surface area contributed by atoms with Crippen LogP contribution in [0.2, 0.25) is 0 Å². The van der Waals surface area contributed by atoms with Gasteiger partial charge in [0.1, 0.15) is 18.1 Å². The number of benzene rings is 2. The van der Waals surface area contributed by atoms with Gasteiger partial charge in [0.15, 0.2) is 23.9 Å². The van der Waals surface area contributed by atoms with Crippen molar-refractivity contribution in [2.45, 2.75) is 6.92 Å². The van der Waals surface area contributed by atoms with Crippen molar-refractivity contribution < 1.29 is 33.3 Å². The molecule has 0 amide bonds. The zero-order chi connectivity index (χ0) is 21.7. The molecule has 1 aliphatic heterocycles. The second kappa shape index (κ2) is 9.17. The number of ketones is 1. The molecule has 0 aliphatic carbocycles. The maximum Gasteiger partial charge on any atom is 0.344 e. The summed E-state index contributed by atoms with van der Waals surface area (Å²) >= 11 is 0. The van der Waals surface area contributed by atoms with Crippen molar-refractivity contribution in [3.63, 3.8) is 0 Å². The highest BCUT2D eigenvalue weighted by Crippen LogP contribution is 2.39. The molecular weight excluding hydrogens is 388 g/mol. The van der Waals surface area contributed by atoms with Gasteiger partial charge in [0.05, 0.1) is 19.8 Å². The molecule has 7 nitrogen and oxygen atoms in total. The molecule has 2 aromatic rings. The van der Waals surface area contributed by atoms with Crippen LogP contribution < -0.4 is 18.9 Å². The van der Waals surface area contributed by atoms with Gasteiger partial charge in [-0.2, -0.15) is 0 Å². The molecule has 0 spiro atoms. The summed E-state index contributed by atoms with van der Waals surface area (Å²) in [6, 6.07) is 8.61. The lowest BCUT2D eigenvalue weighted by atomic mass is 10.0. The van der Waals surface area contributed by atoms with E-state index in [9.17, 15) is 9.59 Å². The molecule has 2 aromatic carbocycles. The normalized spacial score (nSPS) is 13.4. The van der Waals surface area contributed by atoms with Crippen molar-refractivity contribution >= 4 is 17.8 Å². The number of allylic oxidation sites excluding steroid dienone is 1. The van der Waals surface area contributed by atoms with Crippen LogP contribution in [0.4, 0.5) is 0 Å². The van der Waals surface area contributed by atoms with E-state index in [1.807, 2.05) is 0 Å². The van der Waals surface area contributed by atoms with E-state index in [4.69, 9.17) is 23.7 Å². The number of ether oxygens (including phenoxy) is 5. The van der Waals surface area contributed by atoms with Crippen molar-refractivity contribution in [3.8, 4) is 23.0 Å². The number of esters is 1. The number of aryl methyl sites for hydroxylation is 1. The van der Waals surface area contributed by atoms with Crippen LogP contribution in [0.25, 0.3) is 6.08 Å². The van der Waals surface area contributed by atoms with Gasteiger partial charge in [0.2, 0.25) is 5.78 Å². The molecule has 0 saturated carbocycles. The molecule has 0 bridgehead atoms. The van der Waals surface area contributed by atoms with E-state index < -0.39 is 5.97 Å². The third kappa shape index (κ3) is 4.30. The van der Waals surface area contributed by atoms with E-state index in [0.29, 0.717) is 39.7 Å². The first-order valence-corrected chi connectivity index (χ1v) is 9.17. The predicted molar refractivity (Wildman–Crippen MR) is 110 cm³/mol. The minimum Gasteiger partial charge on any atom is -0.493 e. The van der Waals surface area contributed by atoms with Crippen molar-refractivity contribution in [2.24, 2.45) is 0 Å². The minimum absolute atomic E-state index is 0.116. The van der Waals surface area contributed by atoms with Gasteiger partial charge in [-0.25, -0.2) is 4.79 Å².